The summed E-state index contributed by atoms with van der Waals surface area (Å²) >= 11 is 1.64. The second kappa shape index (κ2) is 6.24. The zero-order valence-corrected chi connectivity index (χ0v) is 16.1. The van der Waals surface area contributed by atoms with Crippen molar-refractivity contribution in [3.63, 3.8) is 0 Å². The molecule has 9 nitrogen and oxygen atoms in total. The lowest BCUT2D eigenvalue weighted by atomic mass is 10.1. The van der Waals surface area contributed by atoms with E-state index in [2.05, 4.69) is 20.5 Å². The molecule has 0 fully saturated rings. The van der Waals surface area contributed by atoms with E-state index in [0.29, 0.717) is 36.6 Å². The highest BCUT2D eigenvalue weighted by atomic mass is 32.1. The first-order valence-electron chi connectivity index (χ1n) is 9.27. The van der Waals surface area contributed by atoms with Crippen molar-refractivity contribution < 1.29 is 9.47 Å². The Morgan fingerprint density at radius 3 is 2.90 bits per heavy atom. The SMILES string of the molecule is NC1=N[C@H](c2cn[nH]c2-c2cccs2)n2c(nc3cc4c(cc32)OCCCO4)N1. The number of rotatable bonds is 2. The third kappa shape index (κ3) is 2.56. The summed E-state index contributed by atoms with van der Waals surface area (Å²) in [5, 5.41) is 12.5. The van der Waals surface area contributed by atoms with Gasteiger partial charge in [-0.1, -0.05) is 6.07 Å². The zero-order valence-electron chi connectivity index (χ0n) is 15.3. The molecular weight excluding hydrogens is 390 g/mol. The molecule has 0 aliphatic carbocycles. The van der Waals surface area contributed by atoms with Crippen LogP contribution in [-0.4, -0.2) is 38.9 Å². The van der Waals surface area contributed by atoms with E-state index in [1.807, 2.05) is 34.2 Å². The minimum atomic E-state index is -0.406. The van der Waals surface area contributed by atoms with Crippen LogP contribution in [0.5, 0.6) is 11.5 Å². The molecule has 6 rings (SSSR count). The molecule has 1 aromatic carbocycles. The number of nitrogens with one attached hydrogen (secondary N) is 2. The summed E-state index contributed by atoms with van der Waals surface area (Å²) in [6.45, 7) is 1.25. The van der Waals surface area contributed by atoms with Gasteiger partial charge >= 0.3 is 0 Å². The van der Waals surface area contributed by atoms with Crippen LogP contribution in [-0.2, 0) is 0 Å². The summed E-state index contributed by atoms with van der Waals surface area (Å²) in [6.07, 6.45) is 2.24. The molecule has 10 heteroatoms. The zero-order chi connectivity index (χ0) is 19.4. The molecule has 0 bridgehead atoms. The summed E-state index contributed by atoms with van der Waals surface area (Å²) in [6, 6.07) is 7.93. The van der Waals surface area contributed by atoms with Gasteiger partial charge in [-0.25, -0.2) is 9.98 Å². The molecule has 4 aromatic rings. The van der Waals surface area contributed by atoms with Crippen molar-refractivity contribution in [3.05, 3.63) is 41.4 Å². The highest BCUT2D eigenvalue weighted by molar-refractivity contribution is 7.13. The lowest BCUT2D eigenvalue weighted by Gasteiger charge is -2.23. The summed E-state index contributed by atoms with van der Waals surface area (Å²) in [5.41, 5.74) is 9.60. The lowest BCUT2D eigenvalue weighted by Crippen LogP contribution is -2.31. The third-order valence-corrected chi connectivity index (χ3v) is 5.91. The number of hydrogen-bond acceptors (Lipinski definition) is 8. The molecule has 146 valence electrons. The molecule has 0 radical (unpaired) electrons. The van der Waals surface area contributed by atoms with Crippen LogP contribution in [0.4, 0.5) is 5.95 Å². The number of anilines is 1. The van der Waals surface area contributed by atoms with Gasteiger partial charge < -0.3 is 15.2 Å². The molecule has 2 aliphatic heterocycles. The van der Waals surface area contributed by atoms with Gasteiger partial charge in [0.1, 0.15) is 0 Å². The Morgan fingerprint density at radius 2 is 2.07 bits per heavy atom. The number of nitrogens with two attached hydrogens (primary N) is 1. The number of H-pyrrole nitrogens is 1. The average molecular weight is 407 g/mol. The number of nitrogens with zero attached hydrogens (tertiary/aromatic N) is 4. The molecule has 3 aromatic heterocycles. The van der Waals surface area contributed by atoms with Crippen LogP contribution in [0.2, 0.25) is 0 Å². The number of thiophene rings is 1. The predicted molar refractivity (Wildman–Crippen MR) is 111 cm³/mol. The molecule has 0 unspecified atom stereocenters. The number of ether oxygens (including phenoxy) is 2. The Hall–Kier alpha value is -3.53. The molecule has 29 heavy (non-hydrogen) atoms. The Labute approximate surface area is 169 Å². The molecular formula is C19H17N7O2S. The second-order valence-electron chi connectivity index (χ2n) is 6.83. The van der Waals surface area contributed by atoms with Gasteiger partial charge in [-0.15, -0.1) is 11.3 Å². The second-order valence-corrected chi connectivity index (χ2v) is 7.78. The van der Waals surface area contributed by atoms with Crippen molar-refractivity contribution in [2.45, 2.75) is 12.6 Å². The Kier molecular flexibility index (Phi) is 3.54. The molecule has 4 N–H and O–H groups in total. The van der Waals surface area contributed by atoms with E-state index in [-0.39, 0.29) is 0 Å². The van der Waals surface area contributed by atoms with E-state index in [1.54, 1.807) is 17.5 Å². The van der Waals surface area contributed by atoms with Gasteiger partial charge in [0, 0.05) is 24.1 Å². The lowest BCUT2D eigenvalue weighted by molar-refractivity contribution is 0.297. The average Bonchev–Trinajstić information content (AvgIpc) is 3.42. The molecule has 5 heterocycles. The van der Waals surface area contributed by atoms with E-state index in [1.165, 1.54) is 0 Å². The third-order valence-electron chi connectivity index (χ3n) is 5.02. The molecule has 1 atom stereocenters. The van der Waals surface area contributed by atoms with Crippen LogP contribution in [0, 0.1) is 0 Å². The maximum absolute atomic E-state index is 6.09. The van der Waals surface area contributed by atoms with Gasteiger partial charge in [0.25, 0.3) is 0 Å². The Morgan fingerprint density at radius 1 is 1.21 bits per heavy atom. The maximum atomic E-state index is 6.09. The highest BCUT2D eigenvalue weighted by Crippen LogP contribution is 2.40. The molecule has 2 aliphatic rings. The van der Waals surface area contributed by atoms with Crippen molar-refractivity contribution in [2.24, 2.45) is 10.7 Å². The quantitative estimate of drug-likeness (QED) is 0.471. The van der Waals surface area contributed by atoms with Crippen molar-refractivity contribution in [1.29, 1.82) is 0 Å². The van der Waals surface area contributed by atoms with Gasteiger partial charge in [0.05, 0.1) is 41.0 Å². The fraction of sp³-hybridized carbons (Fsp3) is 0.211. The number of aliphatic imine (C=N–C) groups is 1. The van der Waals surface area contributed by atoms with E-state index in [4.69, 9.17) is 20.2 Å². The largest absolute Gasteiger partial charge is 0.489 e. The van der Waals surface area contributed by atoms with Crippen LogP contribution in [0.3, 0.4) is 0 Å². The normalized spacial score (nSPS) is 18.1. The molecule has 0 amide bonds. The number of fused-ring (bicyclic) bond motifs is 4. The number of hydrogen-bond donors (Lipinski definition) is 3. The molecule has 0 saturated heterocycles. The smallest absolute Gasteiger partial charge is 0.212 e. The van der Waals surface area contributed by atoms with Gasteiger partial charge in [-0.05, 0) is 11.4 Å². The summed E-state index contributed by atoms with van der Waals surface area (Å²) in [5.74, 6) is 2.35. The first-order chi connectivity index (χ1) is 14.3. The number of benzene rings is 1. The monoisotopic (exact) mass is 407 g/mol. The number of imidazole rings is 1. The highest BCUT2D eigenvalue weighted by Gasteiger charge is 2.29. The summed E-state index contributed by atoms with van der Waals surface area (Å²) in [4.78, 5) is 10.5. The molecule has 0 saturated carbocycles. The van der Waals surface area contributed by atoms with E-state index in [0.717, 1.165) is 33.6 Å². The summed E-state index contributed by atoms with van der Waals surface area (Å²) < 4.78 is 13.7. The number of guanidine groups is 1. The van der Waals surface area contributed by atoms with Crippen molar-refractivity contribution in [2.75, 3.05) is 18.5 Å². The van der Waals surface area contributed by atoms with Crippen molar-refractivity contribution in [3.8, 4) is 22.1 Å². The fourth-order valence-electron chi connectivity index (χ4n) is 3.74. The number of aromatic nitrogens is 4. The van der Waals surface area contributed by atoms with Gasteiger partial charge in [-0.3, -0.25) is 15.0 Å². The first kappa shape index (κ1) is 16.4. The van der Waals surface area contributed by atoms with Crippen molar-refractivity contribution >= 4 is 34.3 Å². The fourth-order valence-corrected chi connectivity index (χ4v) is 4.48. The first-order valence-corrected chi connectivity index (χ1v) is 10.1. The van der Waals surface area contributed by atoms with E-state index in [9.17, 15) is 0 Å². The maximum Gasteiger partial charge on any atom is 0.212 e. The van der Waals surface area contributed by atoms with Crippen LogP contribution in [0.15, 0.2) is 40.8 Å². The minimum absolute atomic E-state index is 0.310. The van der Waals surface area contributed by atoms with E-state index >= 15 is 0 Å². The Balaban J connectivity index is 1.55. The van der Waals surface area contributed by atoms with Gasteiger partial charge in [0.2, 0.25) is 5.95 Å². The number of aromatic amines is 1. The van der Waals surface area contributed by atoms with Crippen LogP contribution < -0.4 is 20.5 Å². The Bertz CT molecular complexity index is 1240. The standard InChI is InChI=1S/C19H17N7O2S/c20-18-23-17(10-9-21-25-16(10)15-3-1-6-29-15)26-12-8-14-13(27-4-2-5-28-14)7-11(12)22-19(26)24-18/h1,3,6-9,17H,2,4-5H2,(H,21,25)(H3,20,22,23,24)/t17-/m0/s1. The molecule has 0 spiro atoms. The van der Waals surface area contributed by atoms with Crippen LogP contribution in [0.1, 0.15) is 18.2 Å². The topological polar surface area (TPSA) is 115 Å². The van der Waals surface area contributed by atoms with Crippen LogP contribution >= 0.6 is 11.3 Å². The van der Waals surface area contributed by atoms with Crippen molar-refractivity contribution in [1.82, 2.24) is 19.7 Å². The van der Waals surface area contributed by atoms with Gasteiger partial charge in [-0.2, -0.15) is 5.10 Å². The van der Waals surface area contributed by atoms with Gasteiger partial charge in [0.15, 0.2) is 23.6 Å². The minimum Gasteiger partial charge on any atom is -0.489 e. The summed E-state index contributed by atoms with van der Waals surface area (Å²) in [7, 11) is 0. The predicted octanol–water partition coefficient (Wildman–Crippen LogP) is 2.94. The van der Waals surface area contributed by atoms with Crippen LogP contribution in [0.25, 0.3) is 21.6 Å². The van der Waals surface area contributed by atoms with E-state index < -0.39 is 6.17 Å².